The third-order valence-corrected chi connectivity index (χ3v) is 3.33. The van der Waals surface area contributed by atoms with Crippen molar-refractivity contribution in [1.82, 2.24) is 10.2 Å². The number of amides is 1. The first-order chi connectivity index (χ1) is 7.45. The Bertz CT molecular complexity index is 474. The van der Waals surface area contributed by atoms with Gasteiger partial charge in [-0.2, -0.15) is 0 Å². The van der Waals surface area contributed by atoms with Crippen LogP contribution in [0.15, 0.2) is 28.7 Å². The highest BCUT2D eigenvalue weighted by Gasteiger charge is 2.45. The molecule has 0 aliphatic carbocycles. The molecule has 1 saturated heterocycles. The maximum absolute atomic E-state index is 12.1. The Labute approximate surface area is 102 Å². The molecule has 0 radical (unpaired) electrons. The van der Waals surface area contributed by atoms with Crippen molar-refractivity contribution in [3.63, 3.8) is 0 Å². The number of hydrogen-bond acceptors (Lipinski definition) is 2. The van der Waals surface area contributed by atoms with E-state index in [9.17, 15) is 4.79 Å². The molecular formula is C11H12BrN3O. The molecule has 1 aromatic rings. The van der Waals surface area contributed by atoms with Crippen LogP contribution in [0.1, 0.15) is 12.5 Å². The van der Waals surface area contributed by atoms with Gasteiger partial charge in [0.25, 0.3) is 5.91 Å². The molecule has 5 heteroatoms. The summed E-state index contributed by atoms with van der Waals surface area (Å²) in [7, 11) is 1.60. The summed E-state index contributed by atoms with van der Waals surface area (Å²) in [6, 6.07) is 7.54. The van der Waals surface area contributed by atoms with Crippen molar-refractivity contribution in [3.8, 4) is 0 Å². The molecule has 1 aromatic carbocycles. The lowest BCUT2D eigenvalue weighted by atomic mass is 9.92. The molecule has 84 valence electrons. The molecule has 1 aliphatic heterocycles. The fourth-order valence-electron chi connectivity index (χ4n) is 1.81. The second kappa shape index (κ2) is 3.59. The zero-order chi connectivity index (χ0) is 11.9. The first kappa shape index (κ1) is 11.1. The molecule has 0 aromatic heterocycles. The molecule has 1 fully saturated rings. The summed E-state index contributed by atoms with van der Waals surface area (Å²) >= 11 is 3.38. The minimum atomic E-state index is -0.838. The van der Waals surface area contributed by atoms with Crippen LogP contribution in [-0.4, -0.2) is 23.8 Å². The molecule has 0 saturated carbocycles. The number of carbonyl (C=O) groups excluding carboxylic acids is 1. The quantitative estimate of drug-likeness (QED) is 0.823. The Kier molecular flexibility index (Phi) is 2.50. The summed E-state index contributed by atoms with van der Waals surface area (Å²) in [5.41, 5.74) is 0.0104. The van der Waals surface area contributed by atoms with Crippen LogP contribution in [0.5, 0.6) is 0 Å². The molecule has 1 atom stereocenters. The minimum absolute atomic E-state index is 0.115. The van der Waals surface area contributed by atoms with E-state index in [0.717, 1.165) is 10.0 Å². The minimum Gasteiger partial charge on any atom is -0.338 e. The summed E-state index contributed by atoms with van der Waals surface area (Å²) in [4.78, 5) is 13.4. The lowest BCUT2D eigenvalue weighted by Gasteiger charge is -2.22. The lowest BCUT2D eigenvalue weighted by Crippen LogP contribution is -2.40. The first-order valence-electron chi connectivity index (χ1n) is 4.86. The van der Waals surface area contributed by atoms with E-state index in [1.807, 2.05) is 24.3 Å². The SMILES string of the molecule is CN1C(=N)NC(C)(c2cccc(Br)c2)C1=O. The molecule has 2 N–H and O–H groups in total. The largest absolute Gasteiger partial charge is 0.338 e. The summed E-state index contributed by atoms with van der Waals surface area (Å²) in [5.74, 6) is 0.0167. The van der Waals surface area contributed by atoms with Crippen LogP contribution < -0.4 is 5.32 Å². The summed E-state index contributed by atoms with van der Waals surface area (Å²) in [6.45, 7) is 1.79. The summed E-state index contributed by atoms with van der Waals surface area (Å²) < 4.78 is 0.918. The monoisotopic (exact) mass is 281 g/mol. The van der Waals surface area contributed by atoms with Crippen molar-refractivity contribution in [2.45, 2.75) is 12.5 Å². The van der Waals surface area contributed by atoms with Crippen LogP contribution in [0, 0.1) is 5.41 Å². The van der Waals surface area contributed by atoms with Gasteiger partial charge in [0.1, 0.15) is 5.54 Å². The van der Waals surface area contributed by atoms with Gasteiger partial charge in [-0.25, -0.2) is 0 Å². The third-order valence-electron chi connectivity index (χ3n) is 2.84. The predicted octanol–water partition coefficient (Wildman–Crippen LogP) is 1.66. The van der Waals surface area contributed by atoms with Crippen LogP contribution in [0.25, 0.3) is 0 Å². The van der Waals surface area contributed by atoms with Crippen LogP contribution in [-0.2, 0) is 10.3 Å². The summed E-state index contributed by atoms with van der Waals surface area (Å²) in [6.07, 6.45) is 0. The molecule has 4 nitrogen and oxygen atoms in total. The Morgan fingerprint density at radius 3 is 2.69 bits per heavy atom. The van der Waals surface area contributed by atoms with Crippen LogP contribution >= 0.6 is 15.9 Å². The molecule has 1 unspecified atom stereocenters. The smallest absolute Gasteiger partial charge is 0.259 e. The molecule has 0 spiro atoms. The second-order valence-corrected chi connectivity index (χ2v) is 4.89. The van der Waals surface area contributed by atoms with E-state index in [0.29, 0.717) is 0 Å². The molecule has 1 amide bonds. The van der Waals surface area contributed by atoms with Gasteiger partial charge in [-0.3, -0.25) is 15.1 Å². The molecule has 1 aliphatic rings. The standard InChI is InChI=1S/C11H12BrN3O/c1-11(7-4-3-5-8(12)6-7)9(16)15(2)10(13)14-11/h3-6H,1-2H3,(H2,13,14). The van der Waals surface area contributed by atoms with Gasteiger partial charge >= 0.3 is 0 Å². The van der Waals surface area contributed by atoms with Crippen LogP contribution in [0.4, 0.5) is 0 Å². The van der Waals surface area contributed by atoms with E-state index >= 15 is 0 Å². The van der Waals surface area contributed by atoms with E-state index in [1.54, 1.807) is 14.0 Å². The van der Waals surface area contributed by atoms with Crippen molar-refractivity contribution in [2.24, 2.45) is 0 Å². The average molecular weight is 282 g/mol. The van der Waals surface area contributed by atoms with Gasteiger partial charge < -0.3 is 5.32 Å². The van der Waals surface area contributed by atoms with E-state index < -0.39 is 5.54 Å². The molecular weight excluding hydrogens is 270 g/mol. The van der Waals surface area contributed by atoms with E-state index in [1.165, 1.54) is 4.90 Å². The zero-order valence-corrected chi connectivity index (χ0v) is 10.6. The highest BCUT2D eigenvalue weighted by molar-refractivity contribution is 9.10. The Hall–Kier alpha value is -1.36. The summed E-state index contributed by atoms with van der Waals surface area (Å²) in [5, 5.41) is 10.5. The number of likely N-dealkylation sites (N-methyl/N-ethyl adjacent to an activating group) is 1. The third kappa shape index (κ3) is 1.51. The topological polar surface area (TPSA) is 56.2 Å². The fraction of sp³-hybridized carbons (Fsp3) is 0.273. The van der Waals surface area contributed by atoms with Gasteiger partial charge in [0.05, 0.1) is 0 Å². The van der Waals surface area contributed by atoms with Crippen molar-refractivity contribution in [2.75, 3.05) is 7.05 Å². The van der Waals surface area contributed by atoms with Gasteiger partial charge in [-0.15, -0.1) is 0 Å². The number of nitrogens with one attached hydrogen (secondary N) is 2. The number of halogens is 1. The molecule has 1 heterocycles. The highest BCUT2D eigenvalue weighted by Crippen LogP contribution is 2.29. The first-order valence-corrected chi connectivity index (χ1v) is 5.65. The molecule has 0 bridgehead atoms. The maximum atomic E-state index is 12.1. The zero-order valence-electron chi connectivity index (χ0n) is 9.04. The highest BCUT2D eigenvalue weighted by atomic mass is 79.9. The molecule has 2 rings (SSSR count). The fourth-order valence-corrected chi connectivity index (χ4v) is 2.21. The van der Waals surface area contributed by atoms with Crippen molar-refractivity contribution in [3.05, 3.63) is 34.3 Å². The number of nitrogens with zero attached hydrogens (tertiary/aromatic N) is 1. The number of benzene rings is 1. The lowest BCUT2D eigenvalue weighted by molar-refractivity contribution is -0.129. The van der Waals surface area contributed by atoms with E-state index in [4.69, 9.17) is 5.41 Å². The number of carbonyl (C=O) groups is 1. The van der Waals surface area contributed by atoms with Crippen LogP contribution in [0.2, 0.25) is 0 Å². The van der Waals surface area contributed by atoms with Gasteiger partial charge in [0.15, 0.2) is 5.96 Å². The van der Waals surface area contributed by atoms with Gasteiger partial charge in [-0.1, -0.05) is 28.1 Å². The van der Waals surface area contributed by atoms with Gasteiger partial charge in [0.2, 0.25) is 0 Å². The number of hydrogen-bond donors (Lipinski definition) is 2. The van der Waals surface area contributed by atoms with E-state index in [-0.39, 0.29) is 11.9 Å². The maximum Gasteiger partial charge on any atom is 0.259 e. The Morgan fingerprint density at radius 1 is 1.50 bits per heavy atom. The number of guanidine groups is 1. The van der Waals surface area contributed by atoms with Crippen molar-refractivity contribution in [1.29, 1.82) is 5.41 Å². The van der Waals surface area contributed by atoms with Gasteiger partial charge in [0, 0.05) is 11.5 Å². The predicted molar refractivity (Wildman–Crippen MR) is 65.1 cm³/mol. The second-order valence-electron chi connectivity index (χ2n) is 3.97. The number of rotatable bonds is 1. The average Bonchev–Trinajstić information content (AvgIpc) is 2.44. The van der Waals surface area contributed by atoms with Crippen molar-refractivity contribution >= 4 is 27.8 Å². The normalized spacial score (nSPS) is 24.8. The van der Waals surface area contributed by atoms with E-state index in [2.05, 4.69) is 21.2 Å². The van der Waals surface area contributed by atoms with Crippen LogP contribution in [0.3, 0.4) is 0 Å². The van der Waals surface area contributed by atoms with Gasteiger partial charge in [-0.05, 0) is 24.6 Å². The van der Waals surface area contributed by atoms with Crippen molar-refractivity contribution < 1.29 is 4.79 Å². The Balaban J connectivity index is 2.48. The molecule has 16 heavy (non-hydrogen) atoms. The Morgan fingerprint density at radius 2 is 2.19 bits per heavy atom.